The average Bonchev–Trinajstić information content (AvgIpc) is 2.39. The molecule has 98 valence electrons. The van der Waals surface area contributed by atoms with Crippen LogP contribution in [-0.2, 0) is 9.47 Å². The van der Waals surface area contributed by atoms with Gasteiger partial charge in [0.1, 0.15) is 0 Å². The second-order valence-corrected chi connectivity index (χ2v) is 3.82. The fourth-order valence-electron chi connectivity index (χ4n) is 1.53. The van der Waals surface area contributed by atoms with Gasteiger partial charge in [0, 0.05) is 25.7 Å². The van der Waals surface area contributed by atoms with Crippen LogP contribution >= 0.6 is 0 Å². The highest BCUT2D eigenvalue weighted by molar-refractivity contribution is 5.97. The fraction of sp³-hybridized carbons (Fsp3) is 0.429. The predicted octanol–water partition coefficient (Wildman–Crippen LogP) is 2.47. The summed E-state index contributed by atoms with van der Waals surface area (Å²) < 4.78 is 9.76. The molecule has 1 aromatic rings. The van der Waals surface area contributed by atoms with Crippen molar-refractivity contribution in [3.8, 4) is 0 Å². The maximum Gasteiger partial charge on any atom is 0.338 e. The Morgan fingerprint density at radius 2 is 1.72 bits per heavy atom. The molecule has 0 unspecified atom stereocenters. The Kier molecular flexibility index (Phi) is 6.08. The Morgan fingerprint density at radius 3 is 2.28 bits per heavy atom. The van der Waals surface area contributed by atoms with Crippen molar-refractivity contribution in [3.63, 3.8) is 0 Å². The normalized spacial score (nSPS) is 10.1. The van der Waals surface area contributed by atoms with E-state index in [1.165, 1.54) is 0 Å². The minimum absolute atomic E-state index is 0.0578. The third kappa shape index (κ3) is 4.30. The molecular weight excluding hydrogens is 232 g/mol. The van der Waals surface area contributed by atoms with Crippen LogP contribution in [0.15, 0.2) is 24.3 Å². The lowest BCUT2D eigenvalue weighted by molar-refractivity contribution is 0.0526. The third-order valence-electron chi connectivity index (χ3n) is 2.47. The van der Waals surface area contributed by atoms with Crippen molar-refractivity contribution in [2.24, 2.45) is 0 Å². The number of benzene rings is 1. The van der Waals surface area contributed by atoms with Gasteiger partial charge in [-0.2, -0.15) is 0 Å². The van der Waals surface area contributed by atoms with E-state index in [1.54, 1.807) is 38.3 Å². The molecule has 0 aliphatic rings. The summed E-state index contributed by atoms with van der Waals surface area (Å²) in [4.78, 5) is 23.2. The van der Waals surface area contributed by atoms with E-state index in [0.29, 0.717) is 37.2 Å². The van der Waals surface area contributed by atoms with Crippen LogP contribution in [0, 0.1) is 0 Å². The lowest BCUT2D eigenvalue weighted by atomic mass is 10.0. The molecule has 0 aliphatic carbocycles. The summed E-state index contributed by atoms with van der Waals surface area (Å²) in [5, 5.41) is 0. The van der Waals surface area contributed by atoms with Gasteiger partial charge in [-0.15, -0.1) is 0 Å². The Bertz CT molecular complexity index is 395. The van der Waals surface area contributed by atoms with Crippen molar-refractivity contribution in [3.05, 3.63) is 35.4 Å². The minimum Gasteiger partial charge on any atom is -0.462 e. The molecular formula is C14H18O4. The number of hydrogen-bond acceptors (Lipinski definition) is 4. The van der Waals surface area contributed by atoms with Gasteiger partial charge in [-0.05, 0) is 25.5 Å². The van der Waals surface area contributed by atoms with E-state index in [2.05, 4.69) is 0 Å². The van der Waals surface area contributed by atoms with E-state index in [0.717, 1.165) is 0 Å². The van der Waals surface area contributed by atoms with Gasteiger partial charge in [-0.25, -0.2) is 4.79 Å². The van der Waals surface area contributed by atoms with Crippen molar-refractivity contribution in [1.29, 1.82) is 0 Å². The molecule has 0 radical (unpaired) electrons. The summed E-state index contributed by atoms with van der Waals surface area (Å²) in [5.41, 5.74) is 1.07. The van der Waals surface area contributed by atoms with E-state index in [9.17, 15) is 9.59 Å². The quantitative estimate of drug-likeness (QED) is 0.424. The standard InChI is InChI=1S/C14H18O4/c1-3-18-14(16)12-8-6-11(7-9-12)13(15)5-4-10-17-2/h6-9H,3-5,10H2,1-2H3. The zero-order valence-electron chi connectivity index (χ0n) is 10.8. The number of ketones is 1. The van der Waals surface area contributed by atoms with Gasteiger partial charge in [0.15, 0.2) is 5.78 Å². The second-order valence-electron chi connectivity index (χ2n) is 3.82. The van der Waals surface area contributed by atoms with Crippen LogP contribution in [0.4, 0.5) is 0 Å². The lowest BCUT2D eigenvalue weighted by Gasteiger charge is -2.03. The molecule has 18 heavy (non-hydrogen) atoms. The molecule has 0 fully saturated rings. The summed E-state index contributed by atoms with van der Waals surface area (Å²) in [5.74, 6) is -0.307. The molecule has 1 rings (SSSR count). The molecule has 0 N–H and O–H groups in total. The summed E-state index contributed by atoms with van der Waals surface area (Å²) in [6.45, 7) is 2.68. The van der Waals surface area contributed by atoms with Crippen LogP contribution in [0.25, 0.3) is 0 Å². The molecule has 0 saturated heterocycles. The largest absolute Gasteiger partial charge is 0.462 e. The van der Waals surface area contributed by atoms with Crippen molar-refractivity contribution in [1.82, 2.24) is 0 Å². The van der Waals surface area contributed by atoms with E-state index >= 15 is 0 Å². The van der Waals surface area contributed by atoms with Crippen LogP contribution in [0.1, 0.15) is 40.5 Å². The van der Waals surface area contributed by atoms with Gasteiger partial charge in [-0.1, -0.05) is 12.1 Å². The first-order valence-electron chi connectivity index (χ1n) is 5.98. The van der Waals surface area contributed by atoms with Gasteiger partial charge < -0.3 is 9.47 Å². The first-order valence-corrected chi connectivity index (χ1v) is 5.98. The van der Waals surface area contributed by atoms with Gasteiger partial charge in [0.2, 0.25) is 0 Å². The molecule has 4 heteroatoms. The lowest BCUT2D eigenvalue weighted by Crippen LogP contribution is -2.06. The Labute approximate surface area is 107 Å². The first-order chi connectivity index (χ1) is 8.69. The molecule has 4 nitrogen and oxygen atoms in total. The van der Waals surface area contributed by atoms with Gasteiger partial charge in [0.05, 0.1) is 12.2 Å². The first kappa shape index (κ1) is 14.4. The van der Waals surface area contributed by atoms with Crippen molar-refractivity contribution in [2.75, 3.05) is 20.3 Å². The molecule has 0 heterocycles. The zero-order chi connectivity index (χ0) is 13.4. The smallest absolute Gasteiger partial charge is 0.338 e. The van der Waals surface area contributed by atoms with Crippen molar-refractivity contribution >= 4 is 11.8 Å². The third-order valence-corrected chi connectivity index (χ3v) is 2.47. The topological polar surface area (TPSA) is 52.6 Å². The van der Waals surface area contributed by atoms with E-state index in [-0.39, 0.29) is 11.8 Å². The van der Waals surface area contributed by atoms with E-state index in [4.69, 9.17) is 9.47 Å². The molecule has 1 aromatic carbocycles. The van der Waals surface area contributed by atoms with Crippen LogP contribution < -0.4 is 0 Å². The van der Waals surface area contributed by atoms with Gasteiger partial charge in [-0.3, -0.25) is 4.79 Å². The maximum absolute atomic E-state index is 11.8. The summed E-state index contributed by atoms with van der Waals surface area (Å²) in [7, 11) is 1.61. The highest BCUT2D eigenvalue weighted by atomic mass is 16.5. The van der Waals surface area contributed by atoms with E-state index in [1.807, 2.05) is 0 Å². The molecule has 0 saturated carbocycles. The monoisotopic (exact) mass is 250 g/mol. The number of methoxy groups -OCH3 is 1. The molecule has 0 bridgehead atoms. The molecule has 0 aliphatic heterocycles. The second kappa shape index (κ2) is 7.61. The Balaban J connectivity index is 2.59. The maximum atomic E-state index is 11.8. The van der Waals surface area contributed by atoms with Gasteiger partial charge >= 0.3 is 5.97 Å². The molecule has 0 aromatic heterocycles. The van der Waals surface area contributed by atoms with Crippen LogP contribution in [0.5, 0.6) is 0 Å². The number of ether oxygens (including phenoxy) is 2. The number of Topliss-reactive ketones (excluding diaryl/α,β-unsaturated/α-hetero) is 1. The average molecular weight is 250 g/mol. The molecule has 0 spiro atoms. The minimum atomic E-state index is -0.365. The number of hydrogen-bond donors (Lipinski definition) is 0. The molecule has 0 amide bonds. The van der Waals surface area contributed by atoms with Crippen LogP contribution in [-0.4, -0.2) is 32.1 Å². The van der Waals surface area contributed by atoms with E-state index < -0.39 is 0 Å². The molecule has 0 atom stereocenters. The Hall–Kier alpha value is -1.68. The summed E-state index contributed by atoms with van der Waals surface area (Å²) in [6.07, 6.45) is 1.15. The Morgan fingerprint density at radius 1 is 1.11 bits per heavy atom. The summed E-state index contributed by atoms with van der Waals surface area (Å²) >= 11 is 0. The number of esters is 1. The van der Waals surface area contributed by atoms with Crippen LogP contribution in [0.3, 0.4) is 0 Å². The highest BCUT2D eigenvalue weighted by Gasteiger charge is 2.09. The van der Waals surface area contributed by atoms with Gasteiger partial charge in [0.25, 0.3) is 0 Å². The van der Waals surface area contributed by atoms with Crippen molar-refractivity contribution < 1.29 is 19.1 Å². The zero-order valence-corrected chi connectivity index (χ0v) is 10.8. The van der Waals surface area contributed by atoms with Crippen molar-refractivity contribution in [2.45, 2.75) is 19.8 Å². The predicted molar refractivity (Wildman–Crippen MR) is 67.8 cm³/mol. The SMILES string of the molecule is CCOC(=O)c1ccc(C(=O)CCCOC)cc1. The fourth-order valence-corrected chi connectivity index (χ4v) is 1.53. The highest BCUT2D eigenvalue weighted by Crippen LogP contribution is 2.09. The number of carbonyl (C=O) groups excluding carboxylic acids is 2. The van der Waals surface area contributed by atoms with Crippen LogP contribution in [0.2, 0.25) is 0 Å². The summed E-state index contributed by atoms with van der Waals surface area (Å²) in [6, 6.07) is 6.53. The number of rotatable bonds is 7. The number of carbonyl (C=O) groups is 2.